The van der Waals surface area contributed by atoms with Crippen LogP contribution in [0, 0.1) is 12.8 Å². The molecule has 0 bridgehead atoms. The van der Waals surface area contributed by atoms with Crippen molar-refractivity contribution in [2.75, 3.05) is 26.8 Å². The van der Waals surface area contributed by atoms with Crippen LogP contribution >= 0.6 is 11.6 Å². The van der Waals surface area contributed by atoms with E-state index in [0.29, 0.717) is 5.92 Å². The van der Waals surface area contributed by atoms with Crippen LogP contribution in [0.4, 0.5) is 0 Å². The molecule has 0 amide bonds. The molecule has 0 aliphatic heterocycles. The van der Waals surface area contributed by atoms with Gasteiger partial charge in [-0.25, -0.2) is 0 Å². The van der Waals surface area contributed by atoms with Gasteiger partial charge in [0.05, 0.1) is 23.0 Å². The highest BCUT2D eigenvalue weighted by atomic mass is 35.5. The summed E-state index contributed by atoms with van der Waals surface area (Å²) in [5.41, 5.74) is 2.05. The monoisotopic (exact) mass is 273 g/mol. The van der Waals surface area contributed by atoms with E-state index in [-0.39, 0.29) is 0 Å². The summed E-state index contributed by atoms with van der Waals surface area (Å²) in [7, 11) is 3.68. The molecule has 1 atom stereocenters. The normalized spacial score (nSPS) is 12.9. The molecule has 104 valence electrons. The second-order valence-corrected chi connectivity index (χ2v) is 5.02. The van der Waals surface area contributed by atoms with Gasteiger partial charge >= 0.3 is 0 Å². The number of ether oxygens (including phenoxy) is 1. The average Bonchev–Trinajstić information content (AvgIpc) is 2.59. The Hall–Kier alpha value is -0.580. The van der Waals surface area contributed by atoms with Gasteiger partial charge in [0.25, 0.3) is 0 Å². The minimum absolute atomic E-state index is 0.578. The van der Waals surface area contributed by atoms with Crippen molar-refractivity contribution in [1.82, 2.24) is 15.1 Å². The van der Waals surface area contributed by atoms with Crippen molar-refractivity contribution in [2.45, 2.75) is 26.7 Å². The molecule has 5 heteroatoms. The van der Waals surface area contributed by atoms with E-state index < -0.39 is 0 Å². The van der Waals surface area contributed by atoms with Gasteiger partial charge in [-0.2, -0.15) is 5.10 Å². The van der Waals surface area contributed by atoms with E-state index >= 15 is 0 Å². The Morgan fingerprint density at radius 3 is 2.72 bits per heavy atom. The summed E-state index contributed by atoms with van der Waals surface area (Å²) in [4.78, 5) is 0. The number of nitrogens with one attached hydrogen (secondary N) is 1. The van der Waals surface area contributed by atoms with Crippen molar-refractivity contribution in [3.8, 4) is 0 Å². The van der Waals surface area contributed by atoms with Crippen molar-refractivity contribution >= 4 is 11.6 Å². The molecule has 0 aromatic carbocycles. The standard InChI is InChI=1S/C13H24ClN3O/c1-5-11(9-15-6-7-18-4)8-12-13(14)10(2)16-17(12)3/h11,15H,5-9H2,1-4H3. The molecule has 0 radical (unpaired) electrons. The lowest BCUT2D eigenvalue weighted by Gasteiger charge is -2.16. The molecular formula is C13H24ClN3O. The van der Waals surface area contributed by atoms with Crippen LogP contribution in [0.3, 0.4) is 0 Å². The number of rotatable bonds is 8. The highest BCUT2D eigenvalue weighted by Gasteiger charge is 2.15. The molecule has 0 fully saturated rings. The van der Waals surface area contributed by atoms with Crippen molar-refractivity contribution < 1.29 is 4.74 Å². The molecule has 1 aromatic rings. The molecule has 0 spiro atoms. The fourth-order valence-electron chi connectivity index (χ4n) is 2.02. The van der Waals surface area contributed by atoms with Crippen molar-refractivity contribution in [1.29, 1.82) is 0 Å². The summed E-state index contributed by atoms with van der Waals surface area (Å²) in [6, 6.07) is 0. The number of hydrogen-bond acceptors (Lipinski definition) is 3. The van der Waals surface area contributed by atoms with Crippen LogP contribution in [0.5, 0.6) is 0 Å². The fraction of sp³-hybridized carbons (Fsp3) is 0.769. The van der Waals surface area contributed by atoms with Crippen LogP contribution in [0.1, 0.15) is 24.7 Å². The zero-order valence-corrected chi connectivity index (χ0v) is 12.5. The van der Waals surface area contributed by atoms with Gasteiger partial charge in [0, 0.05) is 20.7 Å². The van der Waals surface area contributed by atoms with Crippen molar-refractivity contribution in [3.05, 3.63) is 16.4 Å². The third-order valence-corrected chi connectivity index (χ3v) is 3.73. The zero-order chi connectivity index (χ0) is 13.5. The summed E-state index contributed by atoms with van der Waals surface area (Å²) in [5, 5.41) is 8.57. The first-order valence-corrected chi connectivity index (χ1v) is 6.85. The molecule has 1 rings (SSSR count). The predicted octanol–water partition coefficient (Wildman–Crippen LogP) is 2.19. The van der Waals surface area contributed by atoms with Crippen molar-refractivity contribution in [2.24, 2.45) is 13.0 Å². The van der Waals surface area contributed by atoms with E-state index in [0.717, 1.165) is 48.9 Å². The van der Waals surface area contributed by atoms with Gasteiger partial charge in [0.1, 0.15) is 0 Å². The molecule has 4 nitrogen and oxygen atoms in total. The molecule has 1 unspecified atom stereocenters. The molecule has 18 heavy (non-hydrogen) atoms. The zero-order valence-electron chi connectivity index (χ0n) is 11.8. The third kappa shape index (κ3) is 4.26. The molecule has 0 saturated heterocycles. The van der Waals surface area contributed by atoms with Gasteiger partial charge in [-0.05, 0) is 25.8 Å². The minimum Gasteiger partial charge on any atom is -0.383 e. The number of halogens is 1. The first-order valence-electron chi connectivity index (χ1n) is 6.47. The van der Waals surface area contributed by atoms with Crippen molar-refractivity contribution in [3.63, 3.8) is 0 Å². The van der Waals surface area contributed by atoms with E-state index in [1.807, 2.05) is 18.7 Å². The minimum atomic E-state index is 0.578. The number of methoxy groups -OCH3 is 1. The topological polar surface area (TPSA) is 39.1 Å². The number of aryl methyl sites for hydroxylation is 2. The van der Waals surface area contributed by atoms with Crippen LogP contribution in [-0.4, -0.2) is 36.6 Å². The molecule has 1 aromatic heterocycles. The van der Waals surface area contributed by atoms with E-state index in [1.165, 1.54) is 0 Å². The molecule has 1 heterocycles. The van der Waals surface area contributed by atoms with Crippen LogP contribution < -0.4 is 5.32 Å². The van der Waals surface area contributed by atoms with Crippen LogP contribution in [0.15, 0.2) is 0 Å². The number of hydrogen-bond donors (Lipinski definition) is 1. The van der Waals surface area contributed by atoms with E-state index in [2.05, 4.69) is 17.3 Å². The Labute approximate surface area is 115 Å². The summed E-state index contributed by atoms with van der Waals surface area (Å²) in [6.45, 7) is 6.79. The lowest BCUT2D eigenvalue weighted by atomic mass is 10.00. The fourth-order valence-corrected chi connectivity index (χ4v) is 2.25. The molecule has 0 saturated carbocycles. The number of aromatic nitrogens is 2. The van der Waals surface area contributed by atoms with Gasteiger partial charge < -0.3 is 10.1 Å². The summed E-state index contributed by atoms with van der Waals surface area (Å²) in [6.07, 6.45) is 2.09. The molecule has 1 N–H and O–H groups in total. The maximum atomic E-state index is 6.28. The lowest BCUT2D eigenvalue weighted by Crippen LogP contribution is -2.27. The molecule has 0 aliphatic rings. The van der Waals surface area contributed by atoms with Gasteiger partial charge in [-0.15, -0.1) is 0 Å². The summed E-state index contributed by atoms with van der Waals surface area (Å²) < 4.78 is 6.92. The predicted molar refractivity (Wildman–Crippen MR) is 75.2 cm³/mol. The average molecular weight is 274 g/mol. The Morgan fingerprint density at radius 1 is 1.50 bits per heavy atom. The second kappa shape index (κ2) is 7.77. The SMILES string of the molecule is CCC(CNCCOC)Cc1c(Cl)c(C)nn1C. The third-order valence-electron chi connectivity index (χ3n) is 3.24. The Balaban J connectivity index is 2.51. The highest BCUT2D eigenvalue weighted by Crippen LogP contribution is 2.23. The van der Waals surface area contributed by atoms with Crippen LogP contribution in [0.25, 0.3) is 0 Å². The Bertz CT molecular complexity index is 365. The van der Waals surface area contributed by atoms with Gasteiger partial charge in [0.2, 0.25) is 0 Å². The number of nitrogens with zero attached hydrogens (tertiary/aromatic N) is 2. The molecular weight excluding hydrogens is 250 g/mol. The highest BCUT2D eigenvalue weighted by molar-refractivity contribution is 6.31. The van der Waals surface area contributed by atoms with Crippen LogP contribution in [-0.2, 0) is 18.2 Å². The lowest BCUT2D eigenvalue weighted by molar-refractivity contribution is 0.197. The first-order chi connectivity index (χ1) is 8.60. The summed E-state index contributed by atoms with van der Waals surface area (Å²) >= 11 is 6.28. The Morgan fingerprint density at radius 2 is 2.22 bits per heavy atom. The van der Waals surface area contributed by atoms with Gasteiger partial charge in [-0.1, -0.05) is 24.9 Å². The maximum absolute atomic E-state index is 6.28. The van der Waals surface area contributed by atoms with E-state index in [4.69, 9.17) is 16.3 Å². The largest absolute Gasteiger partial charge is 0.383 e. The first kappa shape index (κ1) is 15.5. The quantitative estimate of drug-likeness (QED) is 0.738. The van der Waals surface area contributed by atoms with Gasteiger partial charge in [-0.3, -0.25) is 4.68 Å². The smallest absolute Gasteiger partial charge is 0.0847 e. The summed E-state index contributed by atoms with van der Waals surface area (Å²) in [5.74, 6) is 0.578. The maximum Gasteiger partial charge on any atom is 0.0847 e. The van der Waals surface area contributed by atoms with E-state index in [1.54, 1.807) is 7.11 Å². The molecule has 0 aliphatic carbocycles. The second-order valence-electron chi connectivity index (χ2n) is 4.65. The van der Waals surface area contributed by atoms with Crippen LogP contribution in [0.2, 0.25) is 5.02 Å². The van der Waals surface area contributed by atoms with E-state index in [9.17, 15) is 0 Å². The van der Waals surface area contributed by atoms with Gasteiger partial charge in [0.15, 0.2) is 0 Å². The Kier molecular flexibility index (Phi) is 6.68.